The summed E-state index contributed by atoms with van der Waals surface area (Å²) in [5, 5.41) is 7.57. The number of rotatable bonds is 7. The summed E-state index contributed by atoms with van der Waals surface area (Å²) in [6.07, 6.45) is 9.84. The second kappa shape index (κ2) is 8.60. The molecule has 0 aliphatic heterocycles. The van der Waals surface area contributed by atoms with E-state index < -0.39 is 0 Å². The van der Waals surface area contributed by atoms with E-state index in [1.807, 2.05) is 12.1 Å². The normalized spacial score (nSPS) is 16.0. The van der Waals surface area contributed by atoms with Crippen molar-refractivity contribution in [2.75, 3.05) is 5.32 Å². The minimum Gasteiger partial charge on any atom is -0.339 e. The van der Waals surface area contributed by atoms with E-state index in [0.717, 1.165) is 30.0 Å². The van der Waals surface area contributed by atoms with Crippen LogP contribution in [0.25, 0.3) is 11.4 Å². The number of hydrogen-bond acceptors (Lipinski definition) is 7. The number of aromatic nitrogens is 4. The second-order valence-electron chi connectivity index (χ2n) is 7.09. The molecule has 3 aromatic heterocycles. The summed E-state index contributed by atoms with van der Waals surface area (Å²) in [6.45, 7) is 2.23. The molecule has 8 heteroatoms. The van der Waals surface area contributed by atoms with Gasteiger partial charge in [0.1, 0.15) is 0 Å². The van der Waals surface area contributed by atoms with E-state index in [-0.39, 0.29) is 12.3 Å². The van der Waals surface area contributed by atoms with Crippen LogP contribution in [-0.4, -0.2) is 26.0 Å². The number of nitrogens with zero attached hydrogens (tertiary/aromatic N) is 4. The first-order chi connectivity index (χ1) is 13.7. The van der Waals surface area contributed by atoms with E-state index in [2.05, 4.69) is 32.3 Å². The molecule has 1 N–H and O–H groups in total. The monoisotopic (exact) mass is 397 g/mol. The molecule has 0 aromatic carbocycles. The van der Waals surface area contributed by atoms with E-state index in [1.165, 1.54) is 24.1 Å². The largest absolute Gasteiger partial charge is 0.339 e. The SMILES string of the molecule is CCCC1CCc2nc(NC(=O)CCc3nc(-c4cccnc4)no3)sc2C1. The zero-order chi connectivity index (χ0) is 19.3. The molecule has 4 rings (SSSR count). The van der Waals surface area contributed by atoms with Crippen LogP contribution in [0.15, 0.2) is 29.0 Å². The number of hydrogen-bond donors (Lipinski definition) is 1. The van der Waals surface area contributed by atoms with E-state index in [4.69, 9.17) is 4.52 Å². The number of nitrogens with one attached hydrogen (secondary N) is 1. The lowest BCUT2D eigenvalue weighted by Gasteiger charge is -2.19. The molecule has 3 aromatic rings. The highest BCUT2D eigenvalue weighted by atomic mass is 32.1. The first-order valence-electron chi connectivity index (χ1n) is 9.72. The summed E-state index contributed by atoms with van der Waals surface area (Å²) in [5.74, 6) is 1.60. The van der Waals surface area contributed by atoms with Crippen molar-refractivity contribution < 1.29 is 9.32 Å². The van der Waals surface area contributed by atoms with Crippen molar-refractivity contribution in [3.05, 3.63) is 41.0 Å². The van der Waals surface area contributed by atoms with Crippen LogP contribution in [0.1, 0.15) is 49.1 Å². The molecule has 1 amide bonds. The van der Waals surface area contributed by atoms with E-state index in [9.17, 15) is 4.79 Å². The highest BCUT2D eigenvalue weighted by Gasteiger charge is 2.22. The molecule has 0 bridgehead atoms. The van der Waals surface area contributed by atoms with Crippen molar-refractivity contribution in [3.8, 4) is 11.4 Å². The Bertz CT molecular complexity index is 937. The van der Waals surface area contributed by atoms with E-state index >= 15 is 0 Å². The fourth-order valence-corrected chi connectivity index (χ4v) is 4.66. The average molecular weight is 398 g/mol. The fraction of sp³-hybridized carbons (Fsp3) is 0.450. The molecule has 146 valence electrons. The van der Waals surface area contributed by atoms with Gasteiger partial charge >= 0.3 is 0 Å². The van der Waals surface area contributed by atoms with Crippen LogP contribution >= 0.6 is 11.3 Å². The number of pyridine rings is 1. The Balaban J connectivity index is 1.30. The van der Waals surface area contributed by atoms with Gasteiger partial charge in [-0.3, -0.25) is 9.78 Å². The maximum absolute atomic E-state index is 12.3. The van der Waals surface area contributed by atoms with Crippen molar-refractivity contribution in [2.45, 2.75) is 51.9 Å². The Morgan fingerprint density at radius 3 is 3.14 bits per heavy atom. The fourth-order valence-electron chi connectivity index (χ4n) is 3.52. The summed E-state index contributed by atoms with van der Waals surface area (Å²) in [6, 6.07) is 3.68. The lowest BCUT2D eigenvalue weighted by molar-refractivity contribution is -0.116. The zero-order valence-corrected chi connectivity index (χ0v) is 16.7. The third kappa shape index (κ3) is 4.44. The van der Waals surface area contributed by atoms with Gasteiger partial charge in [0.2, 0.25) is 17.6 Å². The average Bonchev–Trinajstić information content (AvgIpc) is 3.33. The molecule has 0 radical (unpaired) electrons. The Morgan fingerprint density at radius 1 is 1.39 bits per heavy atom. The molecule has 0 spiro atoms. The van der Waals surface area contributed by atoms with Gasteiger partial charge in [0, 0.05) is 35.7 Å². The summed E-state index contributed by atoms with van der Waals surface area (Å²) in [4.78, 5) is 26.6. The topological polar surface area (TPSA) is 93.8 Å². The first kappa shape index (κ1) is 18.7. The van der Waals surface area contributed by atoms with E-state index in [1.54, 1.807) is 23.7 Å². The lowest BCUT2D eigenvalue weighted by Crippen LogP contribution is -2.13. The summed E-state index contributed by atoms with van der Waals surface area (Å²) in [7, 11) is 0. The van der Waals surface area contributed by atoms with Gasteiger partial charge < -0.3 is 9.84 Å². The van der Waals surface area contributed by atoms with Crippen molar-refractivity contribution in [1.82, 2.24) is 20.1 Å². The Kier molecular flexibility index (Phi) is 5.76. The van der Waals surface area contributed by atoms with Gasteiger partial charge in [-0.05, 0) is 37.3 Å². The van der Waals surface area contributed by atoms with Crippen LogP contribution in [0.3, 0.4) is 0 Å². The van der Waals surface area contributed by atoms with Crippen LogP contribution in [0.5, 0.6) is 0 Å². The van der Waals surface area contributed by atoms with Crippen LogP contribution in [-0.2, 0) is 24.1 Å². The number of aryl methyl sites for hydroxylation is 2. The Hall–Kier alpha value is -2.61. The highest BCUT2D eigenvalue weighted by Crippen LogP contribution is 2.34. The lowest BCUT2D eigenvalue weighted by atomic mass is 9.88. The molecule has 0 saturated carbocycles. The van der Waals surface area contributed by atoms with Gasteiger partial charge in [-0.1, -0.05) is 24.9 Å². The van der Waals surface area contributed by atoms with Gasteiger partial charge in [0.15, 0.2) is 5.13 Å². The van der Waals surface area contributed by atoms with Crippen LogP contribution < -0.4 is 5.32 Å². The van der Waals surface area contributed by atoms with Gasteiger partial charge in [-0.2, -0.15) is 4.98 Å². The smallest absolute Gasteiger partial charge is 0.227 e. The third-order valence-electron chi connectivity index (χ3n) is 4.94. The standard InChI is InChI=1S/C20H23N5O2S/c1-2-4-13-6-7-15-16(11-13)28-20(22-15)23-17(26)8-9-18-24-19(25-27-18)14-5-3-10-21-12-14/h3,5,10,12-13H,2,4,6-9,11H2,1H3,(H,22,23,26). The Labute approximate surface area is 167 Å². The predicted octanol–water partition coefficient (Wildman–Crippen LogP) is 4.06. The minimum absolute atomic E-state index is 0.0858. The van der Waals surface area contributed by atoms with Crippen LogP contribution in [0.2, 0.25) is 0 Å². The van der Waals surface area contributed by atoms with Gasteiger partial charge in [0.25, 0.3) is 0 Å². The van der Waals surface area contributed by atoms with Gasteiger partial charge in [-0.25, -0.2) is 4.98 Å². The molecular weight excluding hydrogens is 374 g/mol. The maximum atomic E-state index is 12.3. The zero-order valence-electron chi connectivity index (χ0n) is 15.9. The molecule has 28 heavy (non-hydrogen) atoms. The summed E-state index contributed by atoms with van der Waals surface area (Å²) in [5.41, 5.74) is 1.95. The number of carbonyl (C=O) groups excluding carboxylic acids is 1. The van der Waals surface area contributed by atoms with Gasteiger partial charge in [0.05, 0.1) is 5.69 Å². The second-order valence-corrected chi connectivity index (χ2v) is 8.17. The first-order valence-corrected chi connectivity index (χ1v) is 10.5. The van der Waals surface area contributed by atoms with Gasteiger partial charge in [-0.15, -0.1) is 11.3 Å². The minimum atomic E-state index is -0.0858. The molecule has 1 aliphatic rings. The number of fused-ring (bicyclic) bond motifs is 1. The molecule has 1 unspecified atom stereocenters. The number of carbonyl (C=O) groups is 1. The van der Waals surface area contributed by atoms with Crippen LogP contribution in [0, 0.1) is 5.92 Å². The molecule has 1 aliphatic carbocycles. The molecule has 7 nitrogen and oxygen atoms in total. The number of thiazole rings is 1. The summed E-state index contributed by atoms with van der Waals surface area (Å²) < 4.78 is 5.24. The molecular formula is C20H23N5O2S. The molecule has 0 saturated heterocycles. The van der Waals surface area contributed by atoms with Crippen molar-refractivity contribution >= 4 is 22.4 Å². The molecule has 1 atom stereocenters. The van der Waals surface area contributed by atoms with Crippen molar-refractivity contribution in [1.29, 1.82) is 0 Å². The highest BCUT2D eigenvalue weighted by molar-refractivity contribution is 7.15. The number of amides is 1. The van der Waals surface area contributed by atoms with Crippen LogP contribution in [0.4, 0.5) is 5.13 Å². The number of anilines is 1. The van der Waals surface area contributed by atoms with Crippen molar-refractivity contribution in [2.24, 2.45) is 5.92 Å². The Morgan fingerprint density at radius 2 is 2.32 bits per heavy atom. The maximum Gasteiger partial charge on any atom is 0.227 e. The van der Waals surface area contributed by atoms with E-state index in [0.29, 0.717) is 23.3 Å². The third-order valence-corrected chi connectivity index (χ3v) is 5.97. The summed E-state index contributed by atoms with van der Waals surface area (Å²) >= 11 is 1.61. The molecule has 0 fully saturated rings. The predicted molar refractivity (Wildman–Crippen MR) is 107 cm³/mol. The quantitative estimate of drug-likeness (QED) is 0.646. The molecule has 3 heterocycles. The van der Waals surface area contributed by atoms with Crippen molar-refractivity contribution in [3.63, 3.8) is 0 Å².